The van der Waals surface area contributed by atoms with Gasteiger partial charge in [-0.3, -0.25) is 9.00 Å². The average Bonchev–Trinajstić information content (AvgIpc) is 2.59. The highest BCUT2D eigenvalue weighted by Gasteiger charge is 2.13. The van der Waals surface area contributed by atoms with Gasteiger partial charge in [0.2, 0.25) is 0 Å². The van der Waals surface area contributed by atoms with Crippen molar-refractivity contribution >= 4 is 21.6 Å². The first kappa shape index (κ1) is 16.7. The number of rotatable bonds is 4. The molecule has 124 valence electrons. The van der Waals surface area contributed by atoms with E-state index < -0.39 is 10.8 Å². The fourth-order valence-corrected chi connectivity index (χ4v) is 3.65. The van der Waals surface area contributed by atoms with Gasteiger partial charge in [-0.2, -0.15) is 0 Å². The zero-order chi connectivity index (χ0) is 17.3. The van der Waals surface area contributed by atoms with Crippen molar-refractivity contribution in [3.05, 3.63) is 64.6 Å². The Balaban J connectivity index is 2.38. The predicted molar refractivity (Wildman–Crippen MR) is 101 cm³/mol. The van der Waals surface area contributed by atoms with Gasteiger partial charge in [-0.25, -0.2) is 0 Å². The summed E-state index contributed by atoms with van der Waals surface area (Å²) in [6, 6.07) is 13.7. The summed E-state index contributed by atoms with van der Waals surface area (Å²) in [7, 11) is 0.740. The molecule has 1 atom stereocenters. The Labute approximate surface area is 144 Å². The molecule has 3 rings (SSSR count). The SMILES string of the molecule is CCCc1ccc(S(C)=O)cc1-c1cn(C)c(=O)c2ccccc12. The van der Waals surface area contributed by atoms with Crippen molar-refractivity contribution in [2.75, 3.05) is 6.26 Å². The molecule has 0 aliphatic heterocycles. The van der Waals surface area contributed by atoms with Crippen LogP contribution in [0.25, 0.3) is 21.9 Å². The minimum absolute atomic E-state index is 0.00149. The Morgan fingerprint density at radius 1 is 1.04 bits per heavy atom. The molecule has 3 nitrogen and oxygen atoms in total. The summed E-state index contributed by atoms with van der Waals surface area (Å²) in [5, 5.41) is 1.65. The third kappa shape index (κ3) is 2.94. The number of pyridine rings is 1. The van der Waals surface area contributed by atoms with Crippen molar-refractivity contribution in [2.24, 2.45) is 7.05 Å². The second-order valence-electron chi connectivity index (χ2n) is 6.03. The quantitative estimate of drug-likeness (QED) is 0.723. The Bertz CT molecular complexity index is 989. The van der Waals surface area contributed by atoms with E-state index >= 15 is 0 Å². The molecule has 0 saturated carbocycles. The van der Waals surface area contributed by atoms with Crippen LogP contribution in [-0.2, 0) is 24.3 Å². The van der Waals surface area contributed by atoms with Gasteiger partial charge in [-0.05, 0) is 41.1 Å². The minimum Gasteiger partial charge on any atom is -0.317 e. The monoisotopic (exact) mass is 339 g/mol. The normalized spacial score (nSPS) is 12.5. The molecular formula is C20H21NO2S. The summed E-state index contributed by atoms with van der Waals surface area (Å²) in [6.45, 7) is 2.15. The largest absolute Gasteiger partial charge is 0.317 e. The molecule has 1 aromatic heterocycles. The van der Waals surface area contributed by atoms with Crippen LogP contribution in [0.5, 0.6) is 0 Å². The summed E-state index contributed by atoms with van der Waals surface area (Å²) < 4.78 is 13.6. The number of fused-ring (bicyclic) bond motifs is 1. The van der Waals surface area contributed by atoms with Crippen LogP contribution in [0.3, 0.4) is 0 Å². The summed E-state index contributed by atoms with van der Waals surface area (Å²) in [4.78, 5) is 13.2. The molecule has 4 heteroatoms. The highest BCUT2D eigenvalue weighted by molar-refractivity contribution is 7.84. The van der Waals surface area contributed by atoms with Crippen molar-refractivity contribution < 1.29 is 4.21 Å². The molecule has 0 radical (unpaired) electrons. The molecule has 0 saturated heterocycles. The zero-order valence-corrected chi connectivity index (χ0v) is 15.0. The molecule has 0 bridgehead atoms. The Morgan fingerprint density at radius 2 is 1.75 bits per heavy atom. The highest BCUT2D eigenvalue weighted by Crippen LogP contribution is 2.31. The molecule has 0 amide bonds. The van der Waals surface area contributed by atoms with Gasteiger partial charge in [0.25, 0.3) is 5.56 Å². The van der Waals surface area contributed by atoms with Gasteiger partial charge in [0.1, 0.15) is 0 Å². The van der Waals surface area contributed by atoms with Crippen molar-refractivity contribution in [2.45, 2.75) is 24.7 Å². The van der Waals surface area contributed by atoms with Crippen LogP contribution in [-0.4, -0.2) is 15.0 Å². The van der Waals surface area contributed by atoms with Crippen LogP contribution in [0, 0.1) is 0 Å². The number of benzene rings is 2. The van der Waals surface area contributed by atoms with Crippen LogP contribution in [0.15, 0.2) is 58.4 Å². The fourth-order valence-electron chi connectivity index (χ4n) is 3.10. The molecule has 0 N–H and O–H groups in total. The van der Waals surface area contributed by atoms with Crippen LogP contribution < -0.4 is 5.56 Å². The summed E-state index contributed by atoms with van der Waals surface area (Å²) in [5.74, 6) is 0. The van der Waals surface area contributed by atoms with Gasteiger partial charge < -0.3 is 4.57 Å². The summed E-state index contributed by atoms with van der Waals surface area (Å²) in [5.41, 5.74) is 3.30. The van der Waals surface area contributed by atoms with Crippen LogP contribution in [0.4, 0.5) is 0 Å². The molecule has 24 heavy (non-hydrogen) atoms. The second-order valence-corrected chi connectivity index (χ2v) is 7.41. The van der Waals surface area contributed by atoms with E-state index in [9.17, 15) is 9.00 Å². The molecule has 3 aromatic rings. The topological polar surface area (TPSA) is 39.1 Å². The maximum Gasteiger partial charge on any atom is 0.258 e. The molecule has 0 aliphatic carbocycles. The van der Waals surface area contributed by atoms with Crippen molar-refractivity contribution in [3.63, 3.8) is 0 Å². The smallest absolute Gasteiger partial charge is 0.258 e. The van der Waals surface area contributed by atoms with Gasteiger partial charge in [0.15, 0.2) is 0 Å². The predicted octanol–water partition coefficient (Wildman–Crippen LogP) is 3.90. The van der Waals surface area contributed by atoms with E-state index in [4.69, 9.17) is 0 Å². The lowest BCUT2D eigenvalue weighted by Gasteiger charge is -2.14. The van der Waals surface area contributed by atoms with Crippen LogP contribution in [0.1, 0.15) is 18.9 Å². The fraction of sp³-hybridized carbons (Fsp3) is 0.250. The van der Waals surface area contributed by atoms with Crippen molar-refractivity contribution in [1.29, 1.82) is 0 Å². The lowest BCUT2D eigenvalue weighted by Crippen LogP contribution is -2.16. The first-order valence-corrected chi connectivity index (χ1v) is 9.63. The van der Waals surface area contributed by atoms with E-state index in [0.717, 1.165) is 34.3 Å². The lowest BCUT2D eigenvalue weighted by atomic mass is 9.94. The minimum atomic E-state index is -1.04. The van der Waals surface area contributed by atoms with E-state index in [1.807, 2.05) is 42.6 Å². The number of aromatic nitrogens is 1. The van der Waals surface area contributed by atoms with Crippen LogP contribution >= 0.6 is 0 Å². The molecule has 0 fully saturated rings. The van der Waals surface area contributed by atoms with E-state index in [1.54, 1.807) is 17.9 Å². The molecular weight excluding hydrogens is 318 g/mol. The Morgan fingerprint density at radius 3 is 2.42 bits per heavy atom. The number of aryl methyl sites for hydroxylation is 2. The van der Waals surface area contributed by atoms with E-state index in [1.165, 1.54) is 5.56 Å². The maximum absolute atomic E-state index is 12.4. The molecule has 1 heterocycles. The zero-order valence-electron chi connectivity index (χ0n) is 14.2. The third-order valence-electron chi connectivity index (χ3n) is 4.31. The number of nitrogens with zero attached hydrogens (tertiary/aromatic N) is 1. The lowest BCUT2D eigenvalue weighted by molar-refractivity contribution is 0.687. The standard InChI is InChI=1S/C20H21NO2S/c1-4-7-14-10-11-15(24(3)23)12-18(14)19-13-21(2)20(22)17-9-6-5-8-16(17)19/h5-6,8-13H,4,7H2,1-3H3. The van der Waals surface area contributed by atoms with Gasteiger partial charge in [0, 0.05) is 46.1 Å². The highest BCUT2D eigenvalue weighted by atomic mass is 32.2. The number of hydrogen-bond donors (Lipinski definition) is 0. The van der Waals surface area contributed by atoms with Crippen LogP contribution in [0.2, 0.25) is 0 Å². The molecule has 0 spiro atoms. The maximum atomic E-state index is 12.4. The summed E-state index contributed by atoms with van der Waals surface area (Å²) in [6.07, 6.45) is 5.56. The second kappa shape index (κ2) is 6.73. The van der Waals surface area contributed by atoms with Gasteiger partial charge in [-0.1, -0.05) is 37.6 Å². The summed E-state index contributed by atoms with van der Waals surface area (Å²) >= 11 is 0. The van der Waals surface area contributed by atoms with E-state index in [-0.39, 0.29) is 5.56 Å². The Hall–Kier alpha value is -2.20. The first-order valence-electron chi connectivity index (χ1n) is 8.08. The van der Waals surface area contributed by atoms with E-state index in [0.29, 0.717) is 5.39 Å². The number of hydrogen-bond acceptors (Lipinski definition) is 2. The van der Waals surface area contributed by atoms with Crippen molar-refractivity contribution in [3.8, 4) is 11.1 Å². The molecule has 1 unspecified atom stereocenters. The van der Waals surface area contributed by atoms with Crippen molar-refractivity contribution in [1.82, 2.24) is 4.57 Å². The third-order valence-corrected chi connectivity index (χ3v) is 5.23. The average molecular weight is 339 g/mol. The Kier molecular flexibility index (Phi) is 4.67. The van der Waals surface area contributed by atoms with Gasteiger partial charge in [0.05, 0.1) is 0 Å². The van der Waals surface area contributed by atoms with Gasteiger partial charge >= 0.3 is 0 Å². The molecule has 2 aromatic carbocycles. The van der Waals surface area contributed by atoms with Gasteiger partial charge in [-0.15, -0.1) is 0 Å². The first-order chi connectivity index (χ1) is 11.5. The molecule has 0 aliphatic rings. The van der Waals surface area contributed by atoms with E-state index in [2.05, 4.69) is 13.0 Å².